The van der Waals surface area contributed by atoms with E-state index in [1.807, 2.05) is 31.2 Å². The van der Waals surface area contributed by atoms with Crippen LogP contribution in [0.15, 0.2) is 24.3 Å². The number of benzene rings is 1. The van der Waals surface area contributed by atoms with Crippen molar-refractivity contribution in [3.8, 4) is 5.75 Å². The molecule has 0 radical (unpaired) electrons. The molecule has 2 rings (SSSR count). The van der Waals surface area contributed by atoms with Crippen molar-refractivity contribution in [1.82, 2.24) is 4.90 Å². The largest absolute Gasteiger partial charge is 0.484 e. The Hall–Kier alpha value is -1.56. The van der Waals surface area contributed by atoms with E-state index < -0.39 is 9.84 Å². The van der Waals surface area contributed by atoms with E-state index in [9.17, 15) is 13.2 Å². The molecule has 6 heteroatoms. The molecule has 22 heavy (non-hydrogen) atoms. The van der Waals surface area contributed by atoms with Gasteiger partial charge < -0.3 is 9.64 Å². The molecule has 1 aromatic rings. The first-order valence-electron chi connectivity index (χ1n) is 7.66. The van der Waals surface area contributed by atoms with Gasteiger partial charge in [-0.15, -0.1) is 0 Å². The molecule has 0 N–H and O–H groups in total. The summed E-state index contributed by atoms with van der Waals surface area (Å²) in [5.74, 6) is 0.743. The number of hydrogen-bond donors (Lipinski definition) is 0. The number of hydrogen-bond acceptors (Lipinski definition) is 4. The molecule has 0 saturated carbocycles. The molecule has 1 aliphatic heterocycles. The van der Waals surface area contributed by atoms with Gasteiger partial charge in [0.2, 0.25) is 0 Å². The normalized spacial score (nSPS) is 19.8. The van der Waals surface area contributed by atoms with Crippen LogP contribution in [0, 0.1) is 0 Å². The quantitative estimate of drug-likeness (QED) is 0.798. The maximum Gasteiger partial charge on any atom is 0.260 e. The van der Waals surface area contributed by atoms with Crippen LogP contribution in [0.3, 0.4) is 0 Å². The third-order valence-corrected chi connectivity index (χ3v) is 5.73. The Morgan fingerprint density at radius 2 is 2.14 bits per heavy atom. The Balaban J connectivity index is 1.95. The summed E-state index contributed by atoms with van der Waals surface area (Å²) in [7, 11) is -2.99. The fourth-order valence-electron chi connectivity index (χ4n) is 2.74. The van der Waals surface area contributed by atoms with Crippen LogP contribution in [0.4, 0.5) is 0 Å². The lowest BCUT2D eigenvalue weighted by atomic mass is 10.2. The SMILES string of the molecule is CCc1cccc(OCC(=O)N(CC)C2CCS(=O)(=O)C2)c1. The highest BCUT2D eigenvalue weighted by atomic mass is 32.2. The summed E-state index contributed by atoms with van der Waals surface area (Å²) in [6.07, 6.45) is 1.43. The molecule has 1 heterocycles. The Kier molecular flexibility index (Phi) is 5.45. The molecule has 1 aromatic carbocycles. The monoisotopic (exact) mass is 325 g/mol. The maximum absolute atomic E-state index is 12.3. The Morgan fingerprint density at radius 3 is 2.73 bits per heavy atom. The minimum Gasteiger partial charge on any atom is -0.484 e. The van der Waals surface area contributed by atoms with Gasteiger partial charge in [0.15, 0.2) is 16.4 Å². The summed E-state index contributed by atoms with van der Waals surface area (Å²) >= 11 is 0. The highest BCUT2D eigenvalue weighted by molar-refractivity contribution is 7.91. The summed E-state index contributed by atoms with van der Waals surface area (Å²) in [6.45, 7) is 4.36. The van der Waals surface area contributed by atoms with Gasteiger partial charge in [-0.2, -0.15) is 0 Å². The summed E-state index contributed by atoms with van der Waals surface area (Å²) in [5, 5.41) is 0. The second-order valence-electron chi connectivity index (χ2n) is 5.53. The third kappa shape index (κ3) is 4.22. The molecule has 0 spiro atoms. The molecule has 122 valence electrons. The van der Waals surface area contributed by atoms with Crippen LogP contribution in [-0.4, -0.2) is 49.9 Å². The number of sulfone groups is 1. The molecule has 1 atom stereocenters. The first kappa shape index (κ1) is 16.8. The van der Waals surface area contributed by atoms with Gasteiger partial charge in [-0.1, -0.05) is 19.1 Å². The van der Waals surface area contributed by atoms with Gasteiger partial charge >= 0.3 is 0 Å². The number of carbonyl (C=O) groups is 1. The third-order valence-electron chi connectivity index (χ3n) is 3.98. The lowest BCUT2D eigenvalue weighted by molar-refractivity contribution is -0.135. The summed E-state index contributed by atoms with van der Waals surface area (Å²) in [4.78, 5) is 13.9. The average molecular weight is 325 g/mol. The van der Waals surface area contributed by atoms with Gasteiger partial charge in [-0.25, -0.2) is 8.42 Å². The highest BCUT2D eigenvalue weighted by Crippen LogP contribution is 2.18. The van der Waals surface area contributed by atoms with Crippen LogP contribution < -0.4 is 4.74 Å². The van der Waals surface area contributed by atoms with Gasteiger partial charge in [-0.3, -0.25) is 4.79 Å². The summed E-state index contributed by atoms with van der Waals surface area (Å²) < 4.78 is 28.7. The van der Waals surface area contributed by atoms with E-state index in [1.165, 1.54) is 0 Å². The van der Waals surface area contributed by atoms with Crippen molar-refractivity contribution in [2.75, 3.05) is 24.7 Å². The van der Waals surface area contributed by atoms with E-state index in [0.717, 1.165) is 12.0 Å². The van der Waals surface area contributed by atoms with Crippen molar-refractivity contribution >= 4 is 15.7 Å². The van der Waals surface area contributed by atoms with Gasteiger partial charge in [0, 0.05) is 12.6 Å². The first-order chi connectivity index (χ1) is 10.4. The van der Waals surface area contributed by atoms with Crippen LogP contribution in [-0.2, 0) is 21.1 Å². The number of likely N-dealkylation sites (N-methyl/N-ethyl adjacent to an activating group) is 1. The van der Waals surface area contributed by atoms with E-state index in [1.54, 1.807) is 4.90 Å². The molecule has 0 bridgehead atoms. The minimum absolute atomic E-state index is 0.0580. The van der Waals surface area contributed by atoms with Crippen molar-refractivity contribution < 1.29 is 17.9 Å². The van der Waals surface area contributed by atoms with Crippen molar-refractivity contribution in [3.63, 3.8) is 0 Å². The van der Waals surface area contributed by atoms with Crippen molar-refractivity contribution in [3.05, 3.63) is 29.8 Å². The zero-order valence-electron chi connectivity index (χ0n) is 13.1. The average Bonchev–Trinajstić information content (AvgIpc) is 2.86. The van der Waals surface area contributed by atoms with Crippen LogP contribution in [0.25, 0.3) is 0 Å². The second-order valence-corrected chi connectivity index (χ2v) is 7.75. The molecule has 1 unspecified atom stereocenters. The van der Waals surface area contributed by atoms with Crippen LogP contribution in [0.1, 0.15) is 25.8 Å². The summed E-state index contributed by atoms with van der Waals surface area (Å²) in [6, 6.07) is 7.44. The molecule has 0 aromatic heterocycles. The highest BCUT2D eigenvalue weighted by Gasteiger charge is 2.33. The molecule has 1 fully saturated rings. The fraction of sp³-hybridized carbons (Fsp3) is 0.562. The Labute approximate surface area is 132 Å². The number of ether oxygens (including phenoxy) is 1. The zero-order chi connectivity index (χ0) is 16.2. The second kappa shape index (κ2) is 7.13. The smallest absolute Gasteiger partial charge is 0.260 e. The predicted molar refractivity (Wildman–Crippen MR) is 85.8 cm³/mol. The van der Waals surface area contributed by atoms with Crippen LogP contribution in [0.5, 0.6) is 5.75 Å². The standard InChI is InChI=1S/C16H23NO4S/c1-3-13-6-5-7-15(10-13)21-11-16(18)17(4-2)14-8-9-22(19,20)12-14/h5-7,10,14H,3-4,8-9,11-12H2,1-2H3. The van der Waals surface area contributed by atoms with Gasteiger partial charge in [0.1, 0.15) is 5.75 Å². The van der Waals surface area contributed by atoms with Crippen molar-refractivity contribution in [1.29, 1.82) is 0 Å². The van der Waals surface area contributed by atoms with Gasteiger partial charge in [-0.05, 0) is 37.5 Å². The lowest BCUT2D eigenvalue weighted by Gasteiger charge is -2.26. The number of carbonyl (C=O) groups excluding carboxylic acids is 1. The van der Waals surface area contributed by atoms with E-state index in [4.69, 9.17) is 4.74 Å². The molecule has 0 aliphatic carbocycles. The number of nitrogens with zero attached hydrogens (tertiary/aromatic N) is 1. The Bertz CT molecular complexity index is 627. The van der Waals surface area contributed by atoms with E-state index >= 15 is 0 Å². The topological polar surface area (TPSA) is 63.7 Å². The predicted octanol–water partition coefficient (Wildman–Crippen LogP) is 1.66. The van der Waals surface area contributed by atoms with E-state index in [-0.39, 0.29) is 30.1 Å². The van der Waals surface area contributed by atoms with Crippen molar-refractivity contribution in [2.24, 2.45) is 0 Å². The molecular formula is C16H23NO4S. The molecular weight excluding hydrogens is 302 g/mol. The van der Waals surface area contributed by atoms with Gasteiger partial charge in [0.05, 0.1) is 11.5 Å². The first-order valence-corrected chi connectivity index (χ1v) is 9.49. The minimum atomic E-state index is -2.99. The molecule has 1 aliphatic rings. The van der Waals surface area contributed by atoms with Crippen molar-refractivity contribution in [2.45, 2.75) is 32.7 Å². The molecule has 1 saturated heterocycles. The van der Waals surface area contributed by atoms with Crippen LogP contribution in [0.2, 0.25) is 0 Å². The zero-order valence-corrected chi connectivity index (χ0v) is 13.9. The fourth-order valence-corrected chi connectivity index (χ4v) is 4.47. The van der Waals surface area contributed by atoms with Crippen LogP contribution >= 0.6 is 0 Å². The maximum atomic E-state index is 12.3. The molecule has 1 amide bonds. The van der Waals surface area contributed by atoms with Gasteiger partial charge in [0.25, 0.3) is 5.91 Å². The number of rotatable bonds is 6. The number of aryl methyl sites for hydroxylation is 1. The number of amides is 1. The lowest BCUT2D eigenvalue weighted by Crippen LogP contribution is -2.43. The Morgan fingerprint density at radius 1 is 1.36 bits per heavy atom. The van der Waals surface area contributed by atoms with E-state index in [2.05, 4.69) is 6.92 Å². The summed E-state index contributed by atoms with van der Waals surface area (Å²) in [5.41, 5.74) is 1.15. The van der Waals surface area contributed by atoms with E-state index in [0.29, 0.717) is 18.7 Å². The molecule has 5 nitrogen and oxygen atoms in total.